The van der Waals surface area contributed by atoms with Gasteiger partial charge in [0, 0.05) is 39.4 Å². The van der Waals surface area contributed by atoms with Crippen LogP contribution in [0.5, 0.6) is 0 Å². The zero-order chi connectivity index (χ0) is 19.9. The summed E-state index contributed by atoms with van der Waals surface area (Å²) < 4.78 is 34.3. The second kappa shape index (κ2) is 7.58. The second-order valence-electron chi connectivity index (χ2n) is 7.12. The number of carbonyl (C=O) groups excluding carboxylic acids is 1. The third-order valence-electron chi connectivity index (χ3n) is 5.19. The van der Waals surface area contributed by atoms with E-state index >= 15 is 0 Å². The van der Waals surface area contributed by atoms with Crippen LogP contribution in [0, 0.1) is 6.92 Å². The number of carbonyl (C=O) groups is 1. The Hall–Kier alpha value is -1.75. The second-order valence-corrected chi connectivity index (χ2v) is 10.1. The van der Waals surface area contributed by atoms with Gasteiger partial charge in [0.05, 0.1) is 24.6 Å². The first kappa shape index (κ1) is 19.6. The van der Waals surface area contributed by atoms with E-state index in [4.69, 9.17) is 4.74 Å². The first-order chi connectivity index (χ1) is 13.4. The molecule has 0 saturated carbocycles. The molecule has 4 heterocycles. The average Bonchev–Trinajstić information content (AvgIpc) is 3.42. The molecule has 2 fully saturated rings. The van der Waals surface area contributed by atoms with Gasteiger partial charge in [0.2, 0.25) is 10.0 Å². The van der Waals surface area contributed by atoms with Crippen molar-refractivity contribution in [1.29, 1.82) is 0 Å². The minimum atomic E-state index is -3.57. The molecule has 0 aliphatic carbocycles. The summed E-state index contributed by atoms with van der Waals surface area (Å²) in [5.74, 6) is 0.0223. The Morgan fingerprint density at radius 2 is 1.86 bits per heavy atom. The van der Waals surface area contributed by atoms with E-state index in [-0.39, 0.29) is 10.8 Å². The van der Waals surface area contributed by atoms with Crippen LogP contribution in [0.2, 0.25) is 0 Å². The van der Waals surface area contributed by atoms with Crippen LogP contribution in [-0.2, 0) is 21.8 Å². The van der Waals surface area contributed by atoms with Crippen LogP contribution in [0.4, 0.5) is 0 Å². The van der Waals surface area contributed by atoms with Gasteiger partial charge in [-0.15, -0.1) is 11.3 Å². The number of aryl methyl sites for hydroxylation is 2. The maximum atomic E-state index is 12.9. The number of hydrogen-bond acceptors (Lipinski definition) is 6. The number of sulfonamides is 1. The zero-order valence-electron chi connectivity index (χ0n) is 16.0. The van der Waals surface area contributed by atoms with Gasteiger partial charge in [0.1, 0.15) is 14.8 Å². The molecule has 2 aromatic rings. The molecule has 152 valence electrons. The Morgan fingerprint density at radius 3 is 2.54 bits per heavy atom. The number of ether oxygens (including phenoxy) is 1. The largest absolute Gasteiger partial charge is 0.379 e. The van der Waals surface area contributed by atoms with Crippen molar-refractivity contribution in [2.45, 2.75) is 24.7 Å². The highest BCUT2D eigenvalue weighted by atomic mass is 32.2. The summed E-state index contributed by atoms with van der Waals surface area (Å²) in [6, 6.07) is 1.65. The Kier molecular flexibility index (Phi) is 5.30. The molecule has 2 saturated heterocycles. The van der Waals surface area contributed by atoms with Crippen LogP contribution in [-0.4, -0.2) is 72.5 Å². The lowest BCUT2D eigenvalue weighted by Crippen LogP contribution is -2.40. The topological polar surface area (TPSA) is 84.7 Å². The third kappa shape index (κ3) is 3.49. The number of aromatic nitrogens is 2. The molecule has 8 nitrogen and oxygen atoms in total. The van der Waals surface area contributed by atoms with E-state index in [0.717, 1.165) is 25.9 Å². The summed E-state index contributed by atoms with van der Waals surface area (Å²) in [6.45, 7) is 4.95. The van der Waals surface area contributed by atoms with Crippen LogP contribution in [0.15, 0.2) is 17.2 Å². The molecule has 2 aliphatic rings. The van der Waals surface area contributed by atoms with E-state index in [1.165, 1.54) is 15.6 Å². The SMILES string of the molecule is Cc1nc(-c2cc(S(=O)(=O)N3CCOCC3)cn2C)sc1C(=O)N1CCCC1. The summed E-state index contributed by atoms with van der Waals surface area (Å²) in [5.41, 5.74) is 1.39. The van der Waals surface area contributed by atoms with E-state index in [9.17, 15) is 13.2 Å². The van der Waals surface area contributed by atoms with Crippen LogP contribution in [0.1, 0.15) is 28.2 Å². The van der Waals surface area contributed by atoms with Crippen LogP contribution in [0.3, 0.4) is 0 Å². The predicted octanol–water partition coefficient (Wildman–Crippen LogP) is 1.71. The molecule has 0 N–H and O–H groups in total. The molecule has 0 bridgehead atoms. The van der Waals surface area contributed by atoms with Gasteiger partial charge in [0.15, 0.2) is 0 Å². The number of rotatable bonds is 4. The lowest BCUT2D eigenvalue weighted by atomic mass is 10.3. The van der Waals surface area contributed by atoms with E-state index in [1.54, 1.807) is 23.9 Å². The highest BCUT2D eigenvalue weighted by Crippen LogP contribution is 2.32. The average molecular weight is 425 g/mol. The van der Waals surface area contributed by atoms with Crippen LogP contribution in [0.25, 0.3) is 10.7 Å². The maximum Gasteiger partial charge on any atom is 0.265 e. The van der Waals surface area contributed by atoms with E-state index in [1.807, 2.05) is 11.8 Å². The van der Waals surface area contributed by atoms with Gasteiger partial charge in [-0.3, -0.25) is 4.79 Å². The van der Waals surface area contributed by atoms with Gasteiger partial charge in [-0.05, 0) is 25.8 Å². The minimum Gasteiger partial charge on any atom is -0.379 e. The highest BCUT2D eigenvalue weighted by Gasteiger charge is 2.29. The van der Waals surface area contributed by atoms with Gasteiger partial charge >= 0.3 is 0 Å². The molecule has 2 aliphatic heterocycles. The third-order valence-corrected chi connectivity index (χ3v) is 8.22. The van der Waals surface area contributed by atoms with Crippen LogP contribution < -0.4 is 0 Å². The number of amides is 1. The smallest absolute Gasteiger partial charge is 0.265 e. The van der Waals surface area contributed by atoms with Gasteiger partial charge in [0.25, 0.3) is 5.91 Å². The number of morpholine rings is 1. The monoisotopic (exact) mass is 424 g/mol. The fourth-order valence-corrected chi connectivity index (χ4v) is 6.17. The summed E-state index contributed by atoms with van der Waals surface area (Å²) in [5, 5.41) is 0.658. The molecule has 1 amide bonds. The Morgan fingerprint density at radius 1 is 1.18 bits per heavy atom. The molecule has 10 heteroatoms. The number of hydrogen-bond donors (Lipinski definition) is 0. The first-order valence-electron chi connectivity index (χ1n) is 9.39. The van der Waals surface area contributed by atoms with E-state index < -0.39 is 10.0 Å². The van der Waals surface area contributed by atoms with Crippen molar-refractivity contribution >= 4 is 27.3 Å². The van der Waals surface area contributed by atoms with Crippen LogP contribution >= 0.6 is 11.3 Å². The standard InChI is InChI=1S/C18H24N4O4S2/c1-13-16(18(23)21-5-3-4-6-21)27-17(19-13)15-11-14(12-20(15)2)28(24,25)22-7-9-26-10-8-22/h11-12H,3-10H2,1-2H3. The molecule has 0 aromatic carbocycles. The van der Waals surface area contributed by atoms with E-state index in [2.05, 4.69) is 4.98 Å². The molecular weight excluding hydrogens is 400 g/mol. The Balaban J connectivity index is 1.64. The number of nitrogens with zero attached hydrogens (tertiary/aromatic N) is 4. The summed E-state index contributed by atoms with van der Waals surface area (Å²) in [6.07, 6.45) is 3.69. The summed E-state index contributed by atoms with van der Waals surface area (Å²) in [7, 11) is -1.77. The van der Waals surface area contributed by atoms with Gasteiger partial charge in [-0.2, -0.15) is 4.31 Å². The summed E-state index contributed by atoms with van der Waals surface area (Å²) >= 11 is 1.33. The van der Waals surface area contributed by atoms with Gasteiger partial charge < -0.3 is 14.2 Å². The molecular formula is C18H24N4O4S2. The molecule has 4 rings (SSSR count). The highest BCUT2D eigenvalue weighted by molar-refractivity contribution is 7.89. The fourth-order valence-electron chi connectivity index (χ4n) is 3.59. The number of likely N-dealkylation sites (tertiary alicyclic amines) is 1. The van der Waals surface area contributed by atoms with E-state index in [0.29, 0.717) is 47.6 Å². The lowest BCUT2D eigenvalue weighted by Gasteiger charge is -2.25. The minimum absolute atomic E-state index is 0.0223. The molecule has 0 atom stereocenters. The van der Waals surface area contributed by atoms with Crippen molar-refractivity contribution in [2.75, 3.05) is 39.4 Å². The molecule has 2 aromatic heterocycles. The fraction of sp³-hybridized carbons (Fsp3) is 0.556. The molecule has 28 heavy (non-hydrogen) atoms. The number of thiazole rings is 1. The Bertz CT molecular complexity index is 983. The van der Waals surface area contributed by atoms with Gasteiger partial charge in [-0.1, -0.05) is 0 Å². The van der Waals surface area contributed by atoms with Crippen molar-refractivity contribution in [1.82, 2.24) is 18.8 Å². The Labute approximate surface area is 168 Å². The van der Waals surface area contributed by atoms with Crippen molar-refractivity contribution in [2.24, 2.45) is 7.05 Å². The normalized spacial score (nSPS) is 18.7. The zero-order valence-corrected chi connectivity index (χ0v) is 17.7. The molecule has 0 unspecified atom stereocenters. The van der Waals surface area contributed by atoms with Gasteiger partial charge in [-0.25, -0.2) is 13.4 Å². The van der Waals surface area contributed by atoms with Crippen molar-refractivity contribution in [3.8, 4) is 10.7 Å². The maximum absolute atomic E-state index is 12.9. The molecule has 0 radical (unpaired) electrons. The van der Waals surface area contributed by atoms with Crippen molar-refractivity contribution < 1.29 is 17.9 Å². The first-order valence-corrected chi connectivity index (χ1v) is 11.6. The lowest BCUT2D eigenvalue weighted by molar-refractivity contribution is 0.0730. The van der Waals surface area contributed by atoms with Crippen molar-refractivity contribution in [3.63, 3.8) is 0 Å². The van der Waals surface area contributed by atoms with Crippen molar-refractivity contribution in [3.05, 3.63) is 22.8 Å². The summed E-state index contributed by atoms with van der Waals surface area (Å²) in [4.78, 5) is 20.0. The predicted molar refractivity (Wildman–Crippen MR) is 106 cm³/mol. The quantitative estimate of drug-likeness (QED) is 0.746. The molecule has 0 spiro atoms.